The van der Waals surface area contributed by atoms with E-state index >= 15 is 0 Å². The number of hydrogen-bond donors (Lipinski definition) is 0. The van der Waals surface area contributed by atoms with Gasteiger partial charge in [-0.3, -0.25) is 0 Å². The molecule has 0 amide bonds. The van der Waals surface area contributed by atoms with Crippen LogP contribution in [0.5, 0.6) is 0 Å². The summed E-state index contributed by atoms with van der Waals surface area (Å²) >= 11 is 0. The molecule has 0 aliphatic heterocycles. The first-order valence-corrected chi connectivity index (χ1v) is 21.3. The molecule has 2 aromatic heterocycles. The normalized spacial score (nSPS) is 12.8. The maximum atomic E-state index is 6.64. The fraction of sp³-hybridized carbons (Fsp3) is 0.0508. The molecule has 12 rings (SSSR count). The minimum atomic E-state index is -0.205. The number of fused-ring (bicyclic) bond motifs is 7. The zero-order valence-electron chi connectivity index (χ0n) is 34.4. The Morgan fingerprint density at radius 2 is 0.968 bits per heavy atom. The van der Waals surface area contributed by atoms with Crippen molar-refractivity contribution in [1.29, 1.82) is 0 Å². The highest BCUT2D eigenvalue weighted by Gasteiger charge is 2.37. The molecule has 62 heavy (non-hydrogen) atoms. The molecule has 1 aliphatic carbocycles. The fourth-order valence-corrected chi connectivity index (χ4v) is 9.80. The number of nitrogens with zero attached hydrogens (tertiary/aromatic N) is 2. The summed E-state index contributed by atoms with van der Waals surface area (Å²) in [6, 6.07) is 73.7. The average Bonchev–Trinajstić information content (AvgIpc) is 3.83. The Hall–Kier alpha value is -7.88. The van der Waals surface area contributed by atoms with Crippen molar-refractivity contribution in [3.63, 3.8) is 0 Å². The topological polar surface area (TPSA) is 38.9 Å². The van der Waals surface area contributed by atoms with Gasteiger partial charge in [0.05, 0.1) is 11.4 Å². The standard InChI is InChI=1S/C59H40N2O/c1-59(2)51-28-15-25-46(38-16-5-3-6-17-38)56(51)50-31-30-40(35-52(50)59)53-36-54(61-58(60-53)39-19-7-4-8-20-39)43-33-41(45-24-13-21-37-18-9-10-22-44(37)45)32-42(34-43)47-26-14-27-49-48-23-11-12-29-55(48)62-57(47)49/h3-36H,1-2H3. The summed E-state index contributed by atoms with van der Waals surface area (Å²) in [6.45, 7) is 4.69. The molecule has 0 unspecified atom stereocenters. The van der Waals surface area contributed by atoms with Crippen LogP contribution in [0.1, 0.15) is 25.0 Å². The van der Waals surface area contributed by atoms with Gasteiger partial charge in [0.15, 0.2) is 5.82 Å². The van der Waals surface area contributed by atoms with Gasteiger partial charge in [0.2, 0.25) is 0 Å². The lowest BCUT2D eigenvalue weighted by atomic mass is 9.81. The van der Waals surface area contributed by atoms with E-state index < -0.39 is 0 Å². The molecule has 0 radical (unpaired) electrons. The number of hydrogen-bond acceptors (Lipinski definition) is 3. The minimum Gasteiger partial charge on any atom is -0.455 e. The quantitative estimate of drug-likeness (QED) is 0.168. The van der Waals surface area contributed by atoms with Gasteiger partial charge in [-0.1, -0.05) is 184 Å². The van der Waals surface area contributed by atoms with Gasteiger partial charge < -0.3 is 4.42 Å². The smallest absolute Gasteiger partial charge is 0.160 e. The second-order valence-electron chi connectivity index (χ2n) is 16.9. The number of aromatic nitrogens is 2. The van der Waals surface area contributed by atoms with Gasteiger partial charge >= 0.3 is 0 Å². The van der Waals surface area contributed by atoms with E-state index in [4.69, 9.17) is 14.4 Å². The van der Waals surface area contributed by atoms with Gasteiger partial charge in [0, 0.05) is 38.4 Å². The molecule has 2 heterocycles. The van der Waals surface area contributed by atoms with Crippen molar-refractivity contribution in [2.45, 2.75) is 19.3 Å². The summed E-state index contributed by atoms with van der Waals surface area (Å²) in [5, 5.41) is 4.61. The molecule has 0 atom stereocenters. The molecule has 0 N–H and O–H groups in total. The average molecular weight is 793 g/mol. The van der Waals surface area contributed by atoms with Crippen molar-refractivity contribution in [1.82, 2.24) is 9.97 Å². The third-order valence-electron chi connectivity index (χ3n) is 12.9. The zero-order chi connectivity index (χ0) is 41.4. The second kappa shape index (κ2) is 14.1. The van der Waals surface area contributed by atoms with E-state index in [1.54, 1.807) is 0 Å². The molecule has 292 valence electrons. The molecule has 1 aliphatic rings. The van der Waals surface area contributed by atoms with Crippen molar-refractivity contribution >= 4 is 32.7 Å². The first-order valence-electron chi connectivity index (χ1n) is 21.3. The summed E-state index contributed by atoms with van der Waals surface area (Å²) in [5.74, 6) is 0.684. The van der Waals surface area contributed by atoms with Crippen LogP contribution in [-0.4, -0.2) is 9.97 Å². The van der Waals surface area contributed by atoms with Crippen LogP contribution in [0, 0.1) is 0 Å². The van der Waals surface area contributed by atoms with E-state index in [0.29, 0.717) is 5.82 Å². The van der Waals surface area contributed by atoms with Crippen LogP contribution >= 0.6 is 0 Å². The number of para-hydroxylation sites is 2. The maximum Gasteiger partial charge on any atom is 0.160 e. The van der Waals surface area contributed by atoms with Crippen LogP contribution < -0.4 is 0 Å². The molecule has 3 heteroatoms. The number of rotatable bonds is 6. The Balaban J connectivity index is 1.08. The highest BCUT2D eigenvalue weighted by Crippen LogP contribution is 2.53. The predicted molar refractivity (Wildman–Crippen MR) is 257 cm³/mol. The maximum absolute atomic E-state index is 6.64. The molecule has 0 saturated heterocycles. The highest BCUT2D eigenvalue weighted by atomic mass is 16.3. The second-order valence-corrected chi connectivity index (χ2v) is 16.9. The number of furan rings is 1. The van der Waals surface area contributed by atoms with Crippen LogP contribution in [0.3, 0.4) is 0 Å². The Bertz CT molecular complexity index is 3540. The van der Waals surface area contributed by atoms with E-state index in [-0.39, 0.29) is 5.41 Å². The predicted octanol–water partition coefficient (Wildman–Crippen LogP) is 15.8. The summed E-state index contributed by atoms with van der Waals surface area (Å²) in [5.41, 5.74) is 18.4. The first-order chi connectivity index (χ1) is 30.5. The zero-order valence-corrected chi connectivity index (χ0v) is 34.4. The molecule has 3 nitrogen and oxygen atoms in total. The van der Waals surface area contributed by atoms with E-state index in [2.05, 4.69) is 202 Å². The van der Waals surface area contributed by atoms with Crippen LogP contribution in [0.25, 0.3) is 111 Å². The summed E-state index contributed by atoms with van der Waals surface area (Å²) in [4.78, 5) is 10.7. The summed E-state index contributed by atoms with van der Waals surface area (Å²) in [6.07, 6.45) is 0. The Morgan fingerprint density at radius 1 is 0.371 bits per heavy atom. The van der Waals surface area contributed by atoms with Gasteiger partial charge in [0.25, 0.3) is 0 Å². The van der Waals surface area contributed by atoms with Crippen LogP contribution in [-0.2, 0) is 5.41 Å². The lowest BCUT2D eigenvalue weighted by molar-refractivity contribution is 0.660. The molecular weight excluding hydrogens is 753 g/mol. The molecule has 0 bridgehead atoms. The van der Waals surface area contributed by atoms with Crippen LogP contribution in [0.15, 0.2) is 211 Å². The van der Waals surface area contributed by atoms with Crippen LogP contribution in [0.4, 0.5) is 0 Å². The van der Waals surface area contributed by atoms with Crippen molar-refractivity contribution in [2.75, 3.05) is 0 Å². The first kappa shape index (κ1) is 36.0. The third kappa shape index (κ3) is 5.81. The molecule has 0 fully saturated rings. The van der Waals surface area contributed by atoms with E-state index in [1.807, 2.05) is 18.2 Å². The lowest BCUT2D eigenvalue weighted by Crippen LogP contribution is -2.15. The Morgan fingerprint density at radius 3 is 1.79 bits per heavy atom. The van der Waals surface area contributed by atoms with Crippen LogP contribution in [0.2, 0.25) is 0 Å². The van der Waals surface area contributed by atoms with E-state index in [1.165, 1.54) is 44.2 Å². The SMILES string of the molecule is CC1(C)c2cc(-c3cc(-c4cc(-c5cccc6ccccc56)cc(-c5cccc6c5oc5ccccc56)c4)nc(-c4ccccc4)n3)ccc2-c2c(-c3ccccc3)cccc21. The van der Waals surface area contributed by atoms with E-state index in [9.17, 15) is 0 Å². The molecule has 9 aromatic carbocycles. The Kier molecular flexibility index (Phi) is 8.20. The van der Waals surface area contributed by atoms with E-state index in [0.717, 1.165) is 72.3 Å². The van der Waals surface area contributed by atoms with Crippen molar-refractivity contribution < 1.29 is 4.42 Å². The van der Waals surface area contributed by atoms with Crippen molar-refractivity contribution in [2.24, 2.45) is 0 Å². The monoisotopic (exact) mass is 792 g/mol. The fourth-order valence-electron chi connectivity index (χ4n) is 9.80. The lowest BCUT2D eigenvalue weighted by Gasteiger charge is -2.22. The van der Waals surface area contributed by atoms with Gasteiger partial charge in [-0.2, -0.15) is 0 Å². The van der Waals surface area contributed by atoms with Gasteiger partial charge in [-0.25, -0.2) is 9.97 Å². The summed E-state index contributed by atoms with van der Waals surface area (Å²) < 4.78 is 6.64. The largest absolute Gasteiger partial charge is 0.455 e. The minimum absolute atomic E-state index is 0.205. The molecular formula is C59H40N2O. The highest BCUT2D eigenvalue weighted by molar-refractivity contribution is 6.10. The van der Waals surface area contributed by atoms with Gasteiger partial charge in [0.1, 0.15) is 11.2 Å². The van der Waals surface area contributed by atoms with Crippen molar-refractivity contribution in [3.8, 4) is 78.4 Å². The van der Waals surface area contributed by atoms with Crippen molar-refractivity contribution in [3.05, 3.63) is 217 Å². The molecule has 0 spiro atoms. The molecule has 11 aromatic rings. The molecule has 0 saturated carbocycles. The third-order valence-corrected chi connectivity index (χ3v) is 12.9. The van der Waals surface area contributed by atoms with Gasteiger partial charge in [-0.05, 0) is 97.2 Å². The summed E-state index contributed by atoms with van der Waals surface area (Å²) in [7, 11) is 0. The number of benzene rings is 9. The Labute approximate surface area is 360 Å². The van der Waals surface area contributed by atoms with Gasteiger partial charge in [-0.15, -0.1) is 0 Å².